The number of nitrogens with one attached hydrogen (secondary N) is 1. The number of halogens is 2. The molecular weight excluding hydrogens is 373 g/mol. The lowest BCUT2D eigenvalue weighted by atomic mass is 10.1. The number of aromatic nitrogens is 1. The van der Waals surface area contributed by atoms with E-state index < -0.39 is 0 Å². The molecule has 0 saturated carbocycles. The van der Waals surface area contributed by atoms with Crippen molar-refractivity contribution in [3.05, 3.63) is 67.3 Å². The molecule has 0 aliphatic heterocycles. The summed E-state index contributed by atoms with van der Waals surface area (Å²) in [6, 6.07) is 15.0. The number of fused-ring (bicyclic) bond motifs is 1. The largest absolute Gasteiger partial charge is 0.353 e. The van der Waals surface area contributed by atoms with Gasteiger partial charge in [0.1, 0.15) is 0 Å². The molecule has 0 spiro atoms. The minimum Gasteiger partial charge on any atom is -0.353 e. The highest BCUT2D eigenvalue weighted by Crippen LogP contribution is 2.25. The predicted molar refractivity (Wildman–Crippen MR) is 87.7 cm³/mol. The van der Waals surface area contributed by atoms with E-state index in [2.05, 4.69) is 27.6 Å². The molecule has 1 N–H and O–H groups in total. The zero-order valence-corrected chi connectivity index (χ0v) is 12.7. The van der Waals surface area contributed by atoms with Gasteiger partial charge in [0.25, 0.3) is 0 Å². The standard InChI is InChI=1S/C15H9ClINO/c16-12-7-10(17)6-11-14(19)8-13(18-15(11)12)9-4-2-1-3-5-9/h1-8H,(H,18,19). The van der Waals surface area contributed by atoms with Gasteiger partial charge in [-0.1, -0.05) is 41.9 Å². The Morgan fingerprint density at radius 2 is 1.79 bits per heavy atom. The molecule has 0 radical (unpaired) electrons. The molecule has 4 heteroatoms. The van der Waals surface area contributed by atoms with Crippen molar-refractivity contribution in [3.63, 3.8) is 0 Å². The minimum absolute atomic E-state index is 0.0204. The van der Waals surface area contributed by atoms with Gasteiger partial charge in [0.05, 0.1) is 10.5 Å². The van der Waals surface area contributed by atoms with Crippen LogP contribution in [0.2, 0.25) is 5.02 Å². The van der Waals surface area contributed by atoms with Gasteiger partial charge in [0, 0.05) is 20.7 Å². The number of benzene rings is 2. The molecule has 0 bridgehead atoms. The van der Waals surface area contributed by atoms with Crippen molar-refractivity contribution in [3.8, 4) is 11.3 Å². The highest BCUT2D eigenvalue weighted by Gasteiger charge is 2.08. The van der Waals surface area contributed by atoms with Gasteiger partial charge in [-0.25, -0.2) is 0 Å². The van der Waals surface area contributed by atoms with Crippen molar-refractivity contribution in [2.24, 2.45) is 0 Å². The van der Waals surface area contributed by atoms with Crippen molar-refractivity contribution >= 4 is 45.1 Å². The Morgan fingerprint density at radius 1 is 1.05 bits per heavy atom. The second-order valence-corrected chi connectivity index (χ2v) is 5.88. The van der Waals surface area contributed by atoms with Crippen LogP contribution in [0.3, 0.4) is 0 Å². The maximum atomic E-state index is 12.2. The second-order valence-electron chi connectivity index (χ2n) is 4.22. The van der Waals surface area contributed by atoms with E-state index in [1.165, 1.54) is 0 Å². The minimum atomic E-state index is -0.0204. The Labute approximate surface area is 128 Å². The third-order valence-electron chi connectivity index (χ3n) is 2.94. The molecule has 3 rings (SSSR count). The summed E-state index contributed by atoms with van der Waals surface area (Å²) in [6.45, 7) is 0. The first-order chi connectivity index (χ1) is 9.15. The molecule has 0 aliphatic carbocycles. The Bertz CT molecular complexity index is 811. The van der Waals surface area contributed by atoms with Crippen molar-refractivity contribution < 1.29 is 0 Å². The third-order valence-corrected chi connectivity index (χ3v) is 3.86. The lowest BCUT2D eigenvalue weighted by Crippen LogP contribution is -2.03. The van der Waals surface area contributed by atoms with Crippen LogP contribution >= 0.6 is 34.2 Å². The molecule has 1 aromatic heterocycles. The van der Waals surface area contributed by atoms with E-state index in [9.17, 15) is 4.79 Å². The van der Waals surface area contributed by atoms with Gasteiger partial charge >= 0.3 is 0 Å². The van der Waals surface area contributed by atoms with E-state index in [4.69, 9.17) is 11.6 Å². The SMILES string of the molecule is O=c1cc(-c2ccccc2)[nH]c2c(Cl)cc(I)cc12. The van der Waals surface area contributed by atoms with Gasteiger partial charge in [-0.15, -0.1) is 0 Å². The molecular formula is C15H9ClINO. The van der Waals surface area contributed by atoms with Crippen LogP contribution in [0.5, 0.6) is 0 Å². The zero-order valence-electron chi connectivity index (χ0n) is 9.78. The van der Waals surface area contributed by atoms with Gasteiger partial charge in [-0.2, -0.15) is 0 Å². The summed E-state index contributed by atoms with van der Waals surface area (Å²) in [7, 11) is 0. The second kappa shape index (κ2) is 4.98. The van der Waals surface area contributed by atoms with Crippen LogP contribution < -0.4 is 5.43 Å². The van der Waals surface area contributed by atoms with Crippen LogP contribution in [0.15, 0.2) is 53.3 Å². The van der Waals surface area contributed by atoms with Crippen LogP contribution in [-0.2, 0) is 0 Å². The monoisotopic (exact) mass is 381 g/mol. The van der Waals surface area contributed by atoms with Crippen LogP contribution in [0.1, 0.15) is 0 Å². The van der Waals surface area contributed by atoms with Crippen molar-refractivity contribution in [2.45, 2.75) is 0 Å². The molecule has 0 amide bonds. The topological polar surface area (TPSA) is 32.9 Å². The Morgan fingerprint density at radius 3 is 2.53 bits per heavy atom. The average Bonchev–Trinajstić information content (AvgIpc) is 2.41. The number of rotatable bonds is 1. The molecule has 0 fully saturated rings. The van der Waals surface area contributed by atoms with Gasteiger partial charge < -0.3 is 4.98 Å². The summed E-state index contributed by atoms with van der Waals surface area (Å²) in [5.74, 6) is 0. The van der Waals surface area contributed by atoms with Crippen LogP contribution in [0.25, 0.3) is 22.2 Å². The van der Waals surface area contributed by atoms with E-state index in [1.807, 2.05) is 42.5 Å². The number of H-pyrrole nitrogens is 1. The smallest absolute Gasteiger partial charge is 0.190 e. The molecule has 0 unspecified atom stereocenters. The molecule has 0 atom stereocenters. The fraction of sp³-hybridized carbons (Fsp3) is 0. The van der Waals surface area contributed by atoms with E-state index in [0.717, 1.165) is 14.8 Å². The highest BCUT2D eigenvalue weighted by molar-refractivity contribution is 14.1. The predicted octanol–water partition coefficient (Wildman–Crippen LogP) is 4.45. The summed E-state index contributed by atoms with van der Waals surface area (Å²) in [4.78, 5) is 15.4. The normalized spacial score (nSPS) is 10.8. The first kappa shape index (κ1) is 12.7. The number of hydrogen-bond acceptors (Lipinski definition) is 1. The molecule has 19 heavy (non-hydrogen) atoms. The first-order valence-corrected chi connectivity index (χ1v) is 7.18. The first-order valence-electron chi connectivity index (χ1n) is 5.72. The third kappa shape index (κ3) is 2.40. The molecule has 2 nitrogen and oxygen atoms in total. The Hall–Kier alpha value is -1.33. The van der Waals surface area contributed by atoms with Crippen LogP contribution in [0.4, 0.5) is 0 Å². The Balaban J connectivity index is 2.34. The van der Waals surface area contributed by atoms with Gasteiger partial charge in [-0.3, -0.25) is 4.79 Å². The maximum absolute atomic E-state index is 12.2. The summed E-state index contributed by atoms with van der Waals surface area (Å²) in [6.07, 6.45) is 0. The lowest BCUT2D eigenvalue weighted by Gasteiger charge is -2.06. The van der Waals surface area contributed by atoms with Gasteiger partial charge in [0.15, 0.2) is 5.43 Å². The summed E-state index contributed by atoms with van der Waals surface area (Å²) < 4.78 is 0.952. The number of pyridine rings is 1. The molecule has 3 aromatic rings. The fourth-order valence-electron chi connectivity index (χ4n) is 2.05. The Kier molecular flexibility index (Phi) is 3.33. The average molecular weight is 382 g/mol. The molecule has 1 heterocycles. The summed E-state index contributed by atoms with van der Waals surface area (Å²) in [5, 5.41) is 1.19. The van der Waals surface area contributed by atoms with Gasteiger partial charge in [-0.05, 0) is 40.3 Å². The van der Waals surface area contributed by atoms with Crippen molar-refractivity contribution in [2.75, 3.05) is 0 Å². The lowest BCUT2D eigenvalue weighted by molar-refractivity contribution is 1.38. The summed E-state index contributed by atoms with van der Waals surface area (Å²) >= 11 is 8.37. The fourth-order valence-corrected chi connectivity index (χ4v) is 3.12. The maximum Gasteiger partial charge on any atom is 0.190 e. The summed E-state index contributed by atoms with van der Waals surface area (Å²) in [5.41, 5.74) is 2.42. The van der Waals surface area contributed by atoms with E-state index in [0.29, 0.717) is 15.9 Å². The quantitative estimate of drug-likeness (QED) is 0.621. The van der Waals surface area contributed by atoms with Crippen molar-refractivity contribution in [1.29, 1.82) is 0 Å². The van der Waals surface area contributed by atoms with Crippen LogP contribution in [-0.4, -0.2) is 4.98 Å². The number of aromatic amines is 1. The number of hydrogen-bond donors (Lipinski definition) is 1. The zero-order chi connectivity index (χ0) is 13.4. The highest BCUT2D eigenvalue weighted by atomic mass is 127. The van der Waals surface area contributed by atoms with Crippen molar-refractivity contribution in [1.82, 2.24) is 4.98 Å². The van der Waals surface area contributed by atoms with E-state index in [1.54, 1.807) is 6.07 Å². The van der Waals surface area contributed by atoms with E-state index >= 15 is 0 Å². The van der Waals surface area contributed by atoms with E-state index in [-0.39, 0.29) is 5.43 Å². The van der Waals surface area contributed by atoms with Gasteiger partial charge in [0.2, 0.25) is 0 Å². The molecule has 0 aliphatic rings. The molecule has 0 saturated heterocycles. The molecule has 94 valence electrons. The van der Waals surface area contributed by atoms with Crippen LogP contribution in [0, 0.1) is 3.57 Å². The molecule has 2 aromatic carbocycles.